The van der Waals surface area contributed by atoms with Gasteiger partial charge in [0.05, 0.1) is 28.8 Å². The van der Waals surface area contributed by atoms with Crippen molar-refractivity contribution in [3.05, 3.63) is 34.9 Å². The van der Waals surface area contributed by atoms with E-state index in [9.17, 15) is 0 Å². The molecule has 2 bridgehead atoms. The van der Waals surface area contributed by atoms with Gasteiger partial charge in [0, 0.05) is 0 Å². The van der Waals surface area contributed by atoms with Gasteiger partial charge in [-0.25, -0.2) is 9.97 Å². The van der Waals surface area contributed by atoms with Crippen LogP contribution in [0.15, 0.2) is 12.2 Å². The summed E-state index contributed by atoms with van der Waals surface area (Å²) in [6, 6.07) is 3.89. The predicted octanol–water partition coefficient (Wildman–Crippen LogP) is 1.52. The van der Waals surface area contributed by atoms with Gasteiger partial charge in [-0.15, -0.1) is 0 Å². The molecule has 1 fully saturated rings. The molecule has 0 aromatic carbocycles. The van der Waals surface area contributed by atoms with E-state index in [0.717, 1.165) is 11.4 Å². The van der Waals surface area contributed by atoms with E-state index in [4.69, 9.17) is 15.3 Å². The average molecular weight is 250 g/mol. The van der Waals surface area contributed by atoms with Crippen molar-refractivity contribution < 1.29 is 4.74 Å². The summed E-state index contributed by atoms with van der Waals surface area (Å²) < 4.78 is 5.96. The van der Waals surface area contributed by atoms with Gasteiger partial charge in [0.15, 0.2) is 11.4 Å². The first-order chi connectivity index (χ1) is 9.05. The Morgan fingerprint density at radius 1 is 1.05 bits per heavy atom. The van der Waals surface area contributed by atoms with E-state index >= 15 is 0 Å². The molecule has 0 amide bonds. The van der Waals surface area contributed by atoms with E-state index in [1.807, 2.05) is 12.1 Å². The fourth-order valence-electron chi connectivity index (χ4n) is 3.64. The fraction of sp³-hybridized carbons (Fsp3) is 0.429. The van der Waals surface area contributed by atoms with Crippen molar-refractivity contribution >= 4 is 0 Å². The molecule has 1 aromatic rings. The molecule has 0 N–H and O–H groups in total. The molecule has 5 nitrogen and oxygen atoms in total. The van der Waals surface area contributed by atoms with Crippen LogP contribution in [-0.4, -0.2) is 21.2 Å². The van der Waals surface area contributed by atoms with Crippen LogP contribution >= 0.6 is 0 Å². The molecule has 1 saturated heterocycles. The smallest absolute Gasteiger partial charge is 0.177 e. The summed E-state index contributed by atoms with van der Waals surface area (Å²) in [5.74, 6) is 0.102. The molecule has 92 valence electrons. The molecule has 1 spiro atoms. The number of ether oxygens (including phenoxy) is 1. The average Bonchev–Trinajstić information content (AvgIpc) is 2.70. The van der Waals surface area contributed by atoms with Crippen molar-refractivity contribution in [3.63, 3.8) is 0 Å². The number of epoxide rings is 1. The number of rotatable bonds is 0. The lowest BCUT2D eigenvalue weighted by Crippen LogP contribution is -2.24. The van der Waals surface area contributed by atoms with Gasteiger partial charge in [-0.2, -0.15) is 10.5 Å². The third-order valence-electron chi connectivity index (χ3n) is 4.50. The van der Waals surface area contributed by atoms with Crippen LogP contribution in [0.1, 0.15) is 48.5 Å². The summed E-state index contributed by atoms with van der Waals surface area (Å²) in [7, 11) is 0. The second kappa shape index (κ2) is 2.84. The van der Waals surface area contributed by atoms with Gasteiger partial charge in [0.2, 0.25) is 0 Å². The first-order valence-electron chi connectivity index (χ1n) is 6.15. The lowest BCUT2D eigenvalue weighted by atomic mass is 9.84. The largest absolute Gasteiger partial charge is 0.361 e. The molecule has 4 rings (SSSR count). The molecule has 2 aliphatic carbocycles. The maximum absolute atomic E-state index is 9.05. The van der Waals surface area contributed by atoms with Crippen molar-refractivity contribution in [1.82, 2.24) is 9.97 Å². The van der Waals surface area contributed by atoms with Crippen molar-refractivity contribution in [2.75, 3.05) is 0 Å². The Bertz CT molecular complexity index is 684. The van der Waals surface area contributed by atoms with Crippen molar-refractivity contribution in [3.8, 4) is 12.1 Å². The molecule has 3 aliphatic rings. The normalized spacial score (nSPS) is 34.9. The van der Waals surface area contributed by atoms with E-state index in [1.165, 1.54) is 0 Å². The topological polar surface area (TPSA) is 85.9 Å². The monoisotopic (exact) mass is 250 g/mol. The summed E-state index contributed by atoms with van der Waals surface area (Å²) in [6.45, 7) is 4.12. The standard InChI is InChI=1S/C14H10N4O/c1-13(2)14(19-13)7-3-4-8(14)12-11(7)17-9(5-15)10(6-16)18-12/h3-4,7-8H,1-2H3. The SMILES string of the molecule is CC1(C)OC12C1C=CC2c2nc(C#N)c(C#N)nc21. The number of nitriles is 2. The number of hydrogen-bond acceptors (Lipinski definition) is 5. The molecule has 0 saturated carbocycles. The zero-order chi connectivity index (χ0) is 13.4. The second-order valence-electron chi connectivity index (χ2n) is 5.66. The highest BCUT2D eigenvalue weighted by molar-refractivity contribution is 5.55. The van der Waals surface area contributed by atoms with Gasteiger partial charge >= 0.3 is 0 Å². The van der Waals surface area contributed by atoms with Crippen LogP contribution in [0.25, 0.3) is 0 Å². The lowest BCUT2D eigenvalue weighted by Gasteiger charge is -2.12. The van der Waals surface area contributed by atoms with Crippen molar-refractivity contribution in [2.24, 2.45) is 0 Å². The minimum Gasteiger partial charge on any atom is -0.361 e. The molecular weight excluding hydrogens is 240 g/mol. The summed E-state index contributed by atoms with van der Waals surface area (Å²) in [5, 5.41) is 18.1. The fourth-order valence-corrected chi connectivity index (χ4v) is 3.64. The summed E-state index contributed by atoms with van der Waals surface area (Å²) in [6.07, 6.45) is 4.17. The van der Waals surface area contributed by atoms with Gasteiger partial charge in [0.1, 0.15) is 17.7 Å². The molecule has 2 unspecified atom stereocenters. The van der Waals surface area contributed by atoms with Crippen LogP contribution in [0.5, 0.6) is 0 Å². The molecule has 1 aliphatic heterocycles. The van der Waals surface area contributed by atoms with E-state index in [0.29, 0.717) is 0 Å². The number of aromatic nitrogens is 2. The third-order valence-corrected chi connectivity index (χ3v) is 4.50. The highest BCUT2D eigenvalue weighted by atomic mass is 16.6. The lowest BCUT2D eigenvalue weighted by molar-refractivity contribution is 0.265. The molecule has 0 radical (unpaired) electrons. The van der Waals surface area contributed by atoms with E-state index < -0.39 is 0 Å². The minimum absolute atomic E-state index is 0.0508. The van der Waals surface area contributed by atoms with Crippen molar-refractivity contribution in [2.45, 2.75) is 36.9 Å². The quantitative estimate of drug-likeness (QED) is 0.514. The Kier molecular flexibility index (Phi) is 1.59. The Hall–Kier alpha value is -2.24. The Morgan fingerprint density at radius 3 is 1.79 bits per heavy atom. The molecule has 19 heavy (non-hydrogen) atoms. The van der Waals surface area contributed by atoms with Crippen LogP contribution in [0, 0.1) is 22.7 Å². The van der Waals surface area contributed by atoms with E-state index in [1.54, 1.807) is 0 Å². The number of hydrogen-bond donors (Lipinski definition) is 0. The van der Waals surface area contributed by atoms with Gasteiger partial charge in [-0.1, -0.05) is 12.2 Å². The maximum Gasteiger partial charge on any atom is 0.177 e. The van der Waals surface area contributed by atoms with E-state index in [-0.39, 0.29) is 34.4 Å². The molecule has 2 atom stereocenters. The molecule has 1 aromatic heterocycles. The maximum atomic E-state index is 9.05. The Morgan fingerprint density at radius 2 is 1.47 bits per heavy atom. The first-order valence-corrected chi connectivity index (χ1v) is 6.15. The van der Waals surface area contributed by atoms with Gasteiger partial charge in [0.25, 0.3) is 0 Å². The van der Waals surface area contributed by atoms with E-state index in [2.05, 4.69) is 36.0 Å². The zero-order valence-electron chi connectivity index (χ0n) is 10.5. The Balaban J connectivity index is 1.95. The van der Waals surface area contributed by atoms with Crippen LogP contribution in [0.3, 0.4) is 0 Å². The summed E-state index contributed by atoms with van der Waals surface area (Å²) >= 11 is 0. The summed E-state index contributed by atoms with van der Waals surface area (Å²) in [5.41, 5.74) is 1.30. The predicted molar refractivity (Wildman–Crippen MR) is 64.0 cm³/mol. The van der Waals surface area contributed by atoms with Crippen LogP contribution in [0.4, 0.5) is 0 Å². The third kappa shape index (κ3) is 0.960. The zero-order valence-corrected chi connectivity index (χ0v) is 10.5. The molecular formula is C14H10N4O. The van der Waals surface area contributed by atoms with Crippen molar-refractivity contribution in [1.29, 1.82) is 10.5 Å². The van der Waals surface area contributed by atoms with Gasteiger partial charge < -0.3 is 4.74 Å². The second-order valence-corrected chi connectivity index (χ2v) is 5.66. The molecule has 2 heterocycles. The van der Waals surface area contributed by atoms with Gasteiger partial charge in [-0.05, 0) is 13.8 Å². The summed E-state index contributed by atoms with van der Waals surface area (Å²) in [4.78, 5) is 8.70. The highest BCUT2D eigenvalue weighted by Gasteiger charge is 2.76. The number of nitrogens with zero attached hydrogens (tertiary/aromatic N) is 4. The van der Waals surface area contributed by atoms with Crippen LogP contribution < -0.4 is 0 Å². The Labute approximate surface area is 110 Å². The highest BCUT2D eigenvalue weighted by Crippen LogP contribution is 2.70. The minimum atomic E-state index is -0.295. The van der Waals surface area contributed by atoms with Crippen LogP contribution in [-0.2, 0) is 4.74 Å². The number of fused-ring (bicyclic) bond motifs is 3. The van der Waals surface area contributed by atoms with Gasteiger partial charge in [-0.3, -0.25) is 0 Å². The molecule has 5 heteroatoms. The van der Waals surface area contributed by atoms with Crippen LogP contribution in [0.2, 0.25) is 0 Å². The first kappa shape index (κ1) is 10.7.